The van der Waals surface area contributed by atoms with E-state index >= 15 is 0 Å². The average Bonchev–Trinajstić information content (AvgIpc) is 2.50. The van der Waals surface area contributed by atoms with Gasteiger partial charge in [-0.1, -0.05) is 13.8 Å². The number of rotatable bonds is 2. The molecule has 2 fully saturated rings. The topological polar surface area (TPSA) is 52.7 Å². The molecule has 0 spiro atoms. The zero-order valence-corrected chi connectivity index (χ0v) is 12.5. The molecule has 0 aromatic carbocycles. The van der Waals surface area contributed by atoms with Gasteiger partial charge in [-0.3, -0.25) is 9.59 Å². The van der Waals surface area contributed by atoms with Gasteiger partial charge in [0.25, 0.3) is 0 Å². The third kappa shape index (κ3) is 3.83. The number of halogens is 1. The van der Waals surface area contributed by atoms with Crippen LogP contribution in [0.25, 0.3) is 0 Å². The van der Waals surface area contributed by atoms with Gasteiger partial charge >= 0.3 is 0 Å². The summed E-state index contributed by atoms with van der Waals surface area (Å²) in [6, 6.07) is 0. The van der Waals surface area contributed by atoms with Gasteiger partial charge in [-0.2, -0.15) is 0 Å². The van der Waals surface area contributed by atoms with Gasteiger partial charge in [0.1, 0.15) is 0 Å². The molecular weight excluding hydrogens is 266 g/mol. The first-order valence-electron chi connectivity index (χ1n) is 6.88. The first-order chi connectivity index (χ1) is 8.59. The van der Waals surface area contributed by atoms with Crippen molar-refractivity contribution in [2.45, 2.75) is 20.3 Å². The lowest BCUT2D eigenvalue weighted by Crippen LogP contribution is -2.52. The Labute approximate surface area is 121 Å². The third-order valence-electron chi connectivity index (χ3n) is 3.74. The highest BCUT2D eigenvalue weighted by atomic mass is 35.5. The monoisotopic (exact) mass is 289 g/mol. The molecule has 5 nitrogen and oxygen atoms in total. The number of hydrogen-bond donors (Lipinski definition) is 1. The molecule has 0 atom stereocenters. The van der Waals surface area contributed by atoms with E-state index in [1.54, 1.807) is 0 Å². The molecule has 0 bridgehead atoms. The predicted octanol–water partition coefficient (Wildman–Crippen LogP) is 0.345. The normalized spacial score (nSPS) is 20.6. The first-order valence-corrected chi connectivity index (χ1v) is 6.88. The fourth-order valence-electron chi connectivity index (χ4n) is 2.44. The Hall–Kier alpha value is -0.810. The van der Waals surface area contributed by atoms with Crippen molar-refractivity contribution < 1.29 is 9.59 Å². The Morgan fingerprint density at radius 1 is 1.05 bits per heavy atom. The third-order valence-corrected chi connectivity index (χ3v) is 3.74. The van der Waals surface area contributed by atoms with Crippen LogP contribution in [0.4, 0.5) is 0 Å². The van der Waals surface area contributed by atoms with Gasteiger partial charge in [-0.05, 0) is 6.42 Å². The van der Waals surface area contributed by atoms with Crippen LogP contribution in [-0.2, 0) is 9.59 Å². The zero-order chi connectivity index (χ0) is 13.1. The Kier molecular flexibility index (Phi) is 6.07. The van der Waals surface area contributed by atoms with E-state index < -0.39 is 0 Å². The molecule has 2 aliphatic heterocycles. The fourth-order valence-corrected chi connectivity index (χ4v) is 2.44. The molecule has 2 heterocycles. The van der Waals surface area contributed by atoms with Crippen LogP contribution in [0, 0.1) is 11.8 Å². The van der Waals surface area contributed by atoms with Crippen LogP contribution in [0.5, 0.6) is 0 Å². The van der Waals surface area contributed by atoms with E-state index in [1.165, 1.54) is 0 Å². The van der Waals surface area contributed by atoms with Crippen molar-refractivity contribution in [3.8, 4) is 0 Å². The molecule has 0 aliphatic carbocycles. The molecule has 0 aromatic heterocycles. The van der Waals surface area contributed by atoms with Crippen molar-refractivity contribution in [2.75, 3.05) is 39.3 Å². The Balaban J connectivity index is 0.00000180. The summed E-state index contributed by atoms with van der Waals surface area (Å²) < 4.78 is 0. The van der Waals surface area contributed by atoms with Gasteiger partial charge in [-0.15, -0.1) is 12.4 Å². The average molecular weight is 290 g/mol. The van der Waals surface area contributed by atoms with Crippen LogP contribution in [0.3, 0.4) is 0 Å². The molecule has 0 saturated carbocycles. The molecule has 0 aromatic rings. The van der Waals surface area contributed by atoms with E-state index in [2.05, 4.69) is 5.32 Å². The number of hydrogen-bond acceptors (Lipinski definition) is 3. The van der Waals surface area contributed by atoms with Crippen molar-refractivity contribution in [1.82, 2.24) is 15.1 Å². The summed E-state index contributed by atoms with van der Waals surface area (Å²) in [5.41, 5.74) is 0. The highest BCUT2D eigenvalue weighted by molar-refractivity contribution is 5.85. The maximum Gasteiger partial charge on any atom is 0.228 e. The number of amides is 2. The molecule has 1 N–H and O–H groups in total. The summed E-state index contributed by atoms with van der Waals surface area (Å²) in [4.78, 5) is 27.9. The van der Waals surface area contributed by atoms with E-state index in [9.17, 15) is 9.59 Å². The van der Waals surface area contributed by atoms with Crippen molar-refractivity contribution in [3.63, 3.8) is 0 Å². The molecule has 2 rings (SSSR count). The van der Waals surface area contributed by atoms with E-state index in [4.69, 9.17) is 0 Å². The lowest BCUT2D eigenvalue weighted by molar-refractivity contribution is -0.138. The van der Waals surface area contributed by atoms with E-state index in [-0.39, 0.29) is 36.1 Å². The smallest absolute Gasteiger partial charge is 0.228 e. The Morgan fingerprint density at radius 3 is 2.16 bits per heavy atom. The molecule has 0 radical (unpaired) electrons. The minimum absolute atomic E-state index is 0. The summed E-state index contributed by atoms with van der Waals surface area (Å²) in [5, 5.41) is 3.13. The number of nitrogens with zero attached hydrogens (tertiary/aromatic N) is 2. The Bertz CT molecular complexity index is 332. The second-order valence-electron chi connectivity index (χ2n) is 5.51. The van der Waals surface area contributed by atoms with Crippen molar-refractivity contribution in [1.29, 1.82) is 0 Å². The molecule has 0 unspecified atom stereocenters. The zero-order valence-electron chi connectivity index (χ0n) is 11.7. The first kappa shape index (κ1) is 16.2. The second-order valence-corrected chi connectivity index (χ2v) is 5.51. The Morgan fingerprint density at radius 2 is 1.63 bits per heavy atom. The standard InChI is InChI=1S/C13H23N3O2.ClH/c1-10(2)12(17)15-4-3-5-16(7-6-15)13(18)11-8-14-9-11;/h10-11,14H,3-9H2,1-2H3;1H. The number of nitrogens with one attached hydrogen (secondary N) is 1. The second kappa shape index (κ2) is 7.10. The van der Waals surface area contributed by atoms with Gasteiger partial charge in [0.2, 0.25) is 11.8 Å². The van der Waals surface area contributed by atoms with Crippen LogP contribution in [0.2, 0.25) is 0 Å². The van der Waals surface area contributed by atoms with Crippen LogP contribution < -0.4 is 5.32 Å². The fraction of sp³-hybridized carbons (Fsp3) is 0.846. The lowest BCUT2D eigenvalue weighted by Gasteiger charge is -2.31. The largest absolute Gasteiger partial charge is 0.341 e. The van der Waals surface area contributed by atoms with Crippen LogP contribution in [0.1, 0.15) is 20.3 Å². The maximum atomic E-state index is 12.1. The maximum absolute atomic E-state index is 12.1. The van der Waals surface area contributed by atoms with Crippen LogP contribution >= 0.6 is 12.4 Å². The quantitative estimate of drug-likeness (QED) is 0.798. The molecule has 2 aliphatic rings. The van der Waals surface area contributed by atoms with E-state index in [0.29, 0.717) is 13.1 Å². The minimum Gasteiger partial charge on any atom is -0.341 e. The summed E-state index contributed by atoms with van der Waals surface area (Å²) in [5.74, 6) is 0.669. The highest BCUT2D eigenvalue weighted by Gasteiger charge is 2.30. The number of carbonyl (C=O) groups excluding carboxylic acids is 2. The van der Waals surface area contributed by atoms with E-state index in [1.807, 2.05) is 23.6 Å². The van der Waals surface area contributed by atoms with Gasteiger partial charge in [0.15, 0.2) is 0 Å². The molecule has 2 saturated heterocycles. The lowest BCUT2D eigenvalue weighted by atomic mass is 10.0. The molecule has 19 heavy (non-hydrogen) atoms. The molecular formula is C13H24ClN3O2. The van der Waals surface area contributed by atoms with E-state index in [0.717, 1.165) is 32.6 Å². The summed E-state index contributed by atoms with van der Waals surface area (Å²) in [6.45, 7) is 8.41. The van der Waals surface area contributed by atoms with Crippen LogP contribution in [0.15, 0.2) is 0 Å². The highest BCUT2D eigenvalue weighted by Crippen LogP contribution is 2.12. The molecule has 110 valence electrons. The van der Waals surface area contributed by atoms with Gasteiger partial charge in [0, 0.05) is 45.2 Å². The summed E-state index contributed by atoms with van der Waals surface area (Å²) in [6.07, 6.45) is 0.893. The van der Waals surface area contributed by atoms with Gasteiger partial charge in [-0.25, -0.2) is 0 Å². The van der Waals surface area contributed by atoms with Crippen molar-refractivity contribution in [2.24, 2.45) is 11.8 Å². The molecule has 2 amide bonds. The van der Waals surface area contributed by atoms with Crippen LogP contribution in [-0.4, -0.2) is 60.9 Å². The summed E-state index contributed by atoms with van der Waals surface area (Å²) in [7, 11) is 0. The summed E-state index contributed by atoms with van der Waals surface area (Å²) >= 11 is 0. The number of carbonyl (C=O) groups is 2. The SMILES string of the molecule is CC(C)C(=O)N1CCCN(C(=O)C2CNC2)CC1.Cl. The minimum atomic E-state index is 0. The van der Waals surface area contributed by atoms with Gasteiger partial charge in [0.05, 0.1) is 5.92 Å². The predicted molar refractivity (Wildman–Crippen MR) is 76.2 cm³/mol. The molecule has 6 heteroatoms. The van der Waals surface area contributed by atoms with Crippen molar-refractivity contribution in [3.05, 3.63) is 0 Å². The van der Waals surface area contributed by atoms with Crippen molar-refractivity contribution >= 4 is 24.2 Å². The van der Waals surface area contributed by atoms with Gasteiger partial charge < -0.3 is 15.1 Å².